The molecule has 0 aliphatic carbocycles. The van der Waals surface area contributed by atoms with E-state index in [0.29, 0.717) is 5.15 Å². The van der Waals surface area contributed by atoms with Crippen LogP contribution in [0.1, 0.15) is 31.7 Å². The second-order valence-corrected chi connectivity index (χ2v) is 6.17. The van der Waals surface area contributed by atoms with E-state index < -0.39 is 0 Å². The summed E-state index contributed by atoms with van der Waals surface area (Å²) in [7, 11) is 0. The lowest BCUT2D eigenvalue weighted by Crippen LogP contribution is -2.20. The Morgan fingerprint density at radius 1 is 1.35 bits per heavy atom. The summed E-state index contributed by atoms with van der Waals surface area (Å²) in [5.74, 6) is 0.868. The van der Waals surface area contributed by atoms with Crippen LogP contribution in [0.4, 0.5) is 0 Å². The van der Waals surface area contributed by atoms with Crippen LogP contribution in [0.15, 0.2) is 30.3 Å². The minimum absolute atomic E-state index is 0.655. The summed E-state index contributed by atoms with van der Waals surface area (Å²) in [6.07, 6.45) is 3.96. The lowest BCUT2D eigenvalue weighted by atomic mass is 10.0. The average molecular weight is 289 g/mol. The zero-order chi connectivity index (χ0) is 13.9. The SMILES string of the molecule is CCCC1CCN(Cc2cc3ccccc3nc2Cl)C1. The van der Waals surface area contributed by atoms with Gasteiger partial charge in [-0.2, -0.15) is 0 Å². The van der Waals surface area contributed by atoms with E-state index in [1.54, 1.807) is 0 Å². The number of halogens is 1. The molecule has 0 bridgehead atoms. The molecule has 1 fully saturated rings. The maximum absolute atomic E-state index is 6.34. The van der Waals surface area contributed by atoms with Gasteiger partial charge in [0.05, 0.1) is 5.52 Å². The van der Waals surface area contributed by atoms with Crippen LogP contribution in [0.3, 0.4) is 0 Å². The van der Waals surface area contributed by atoms with Gasteiger partial charge in [-0.1, -0.05) is 43.1 Å². The number of aromatic nitrogens is 1. The number of hydrogen-bond acceptors (Lipinski definition) is 2. The Morgan fingerprint density at radius 3 is 3.05 bits per heavy atom. The second-order valence-electron chi connectivity index (χ2n) is 5.81. The van der Waals surface area contributed by atoms with Gasteiger partial charge < -0.3 is 0 Å². The Balaban J connectivity index is 1.76. The zero-order valence-electron chi connectivity index (χ0n) is 12.0. The number of para-hydroxylation sites is 1. The smallest absolute Gasteiger partial charge is 0.134 e. The molecular formula is C17H21ClN2. The predicted molar refractivity (Wildman–Crippen MR) is 85.0 cm³/mol. The zero-order valence-corrected chi connectivity index (χ0v) is 12.7. The van der Waals surface area contributed by atoms with E-state index >= 15 is 0 Å². The van der Waals surface area contributed by atoms with Crippen LogP contribution in [0, 0.1) is 5.92 Å². The third-order valence-electron chi connectivity index (χ3n) is 4.21. The molecule has 2 heterocycles. The van der Waals surface area contributed by atoms with Gasteiger partial charge in [-0.25, -0.2) is 4.98 Å². The molecule has 3 heteroatoms. The minimum Gasteiger partial charge on any atom is -0.299 e. The molecule has 1 aromatic carbocycles. The van der Waals surface area contributed by atoms with Gasteiger partial charge in [-0.05, 0) is 37.4 Å². The fourth-order valence-electron chi connectivity index (χ4n) is 3.19. The summed E-state index contributed by atoms with van der Waals surface area (Å²) < 4.78 is 0. The van der Waals surface area contributed by atoms with E-state index in [-0.39, 0.29) is 0 Å². The van der Waals surface area contributed by atoms with Crippen LogP contribution in [0.25, 0.3) is 10.9 Å². The van der Waals surface area contributed by atoms with Gasteiger partial charge >= 0.3 is 0 Å². The number of benzene rings is 1. The number of fused-ring (bicyclic) bond motifs is 1. The van der Waals surface area contributed by atoms with Crippen LogP contribution in [-0.4, -0.2) is 23.0 Å². The maximum atomic E-state index is 6.34. The largest absolute Gasteiger partial charge is 0.299 e. The summed E-state index contributed by atoms with van der Waals surface area (Å²) in [6, 6.07) is 10.4. The van der Waals surface area contributed by atoms with E-state index in [1.807, 2.05) is 12.1 Å². The first kappa shape index (κ1) is 13.8. The van der Waals surface area contributed by atoms with E-state index in [0.717, 1.165) is 23.5 Å². The van der Waals surface area contributed by atoms with Crippen molar-refractivity contribution in [2.24, 2.45) is 5.92 Å². The molecule has 2 aromatic rings. The van der Waals surface area contributed by atoms with Gasteiger partial charge in [0.1, 0.15) is 5.15 Å². The first-order valence-electron chi connectivity index (χ1n) is 7.52. The predicted octanol–water partition coefficient (Wildman–Crippen LogP) is 4.51. The quantitative estimate of drug-likeness (QED) is 0.770. The van der Waals surface area contributed by atoms with Crippen molar-refractivity contribution in [3.05, 3.63) is 41.0 Å². The molecule has 106 valence electrons. The highest BCUT2D eigenvalue weighted by atomic mass is 35.5. The molecular weight excluding hydrogens is 268 g/mol. The van der Waals surface area contributed by atoms with Crippen molar-refractivity contribution in [3.8, 4) is 0 Å². The van der Waals surface area contributed by atoms with Crippen LogP contribution in [-0.2, 0) is 6.54 Å². The summed E-state index contributed by atoms with van der Waals surface area (Å²) in [5, 5.41) is 1.83. The number of nitrogens with zero attached hydrogens (tertiary/aromatic N) is 2. The fraction of sp³-hybridized carbons (Fsp3) is 0.471. The first-order chi connectivity index (χ1) is 9.76. The van der Waals surface area contributed by atoms with Gasteiger partial charge in [0.25, 0.3) is 0 Å². The molecule has 1 unspecified atom stereocenters. The van der Waals surface area contributed by atoms with Crippen LogP contribution in [0.5, 0.6) is 0 Å². The number of likely N-dealkylation sites (tertiary alicyclic amines) is 1. The molecule has 1 aromatic heterocycles. The molecule has 0 saturated carbocycles. The highest BCUT2D eigenvalue weighted by Gasteiger charge is 2.22. The lowest BCUT2D eigenvalue weighted by Gasteiger charge is -2.17. The normalized spacial score (nSPS) is 19.8. The van der Waals surface area contributed by atoms with E-state index in [9.17, 15) is 0 Å². The van der Waals surface area contributed by atoms with Crippen LogP contribution < -0.4 is 0 Å². The van der Waals surface area contributed by atoms with Crippen LogP contribution in [0.2, 0.25) is 5.15 Å². The Labute approximate surface area is 125 Å². The molecule has 1 atom stereocenters. The number of hydrogen-bond donors (Lipinski definition) is 0. The van der Waals surface area contributed by atoms with Gasteiger partial charge in [0.15, 0.2) is 0 Å². The fourth-order valence-corrected chi connectivity index (χ4v) is 3.39. The minimum atomic E-state index is 0.655. The van der Waals surface area contributed by atoms with Crippen molar-refractivity contribution in [1.82, 2.24) is 9.88 Å². The molecule has 0 radical (unpaired) electrons. The number of pyridine rings is 1. The molecule has 0 N–H and O–H groups in total. The molecule has 1 aliphatic heterocycles. The molecule has 2 nitrogen and oxygen atoms in total. The molecule has 1 aliphatic rings. The lowest BCUT2D eigenvalue weighted by molar-refractivity contribution is 0.313. The van der Waals surface area contributed by atoms with Gasteiger partial charge in [-0.15, -0.1) is 0 Å². The van der Waals surface area contributed by atoms with Gasteiger partial charge in [0, 0.05) is 24.0 Å². The Kier molecular flexibility index (Phi) is 4.23. The molecule has 1 saturated heterocycles. The Bertz CT molecular complexity index is 597. The molecule has 20 heavy (non-hydrogen) atoms. The number of rotatable bonds is 4. The van der Waals surface area contributed by atoms with Crippen molar-refractivity contribution in [2.45, 2.75) is 32.7 Å². The highest BCUT2D eigenvalue weighted by Crippen LogP contribution is 2.26. The second kappa shape index (κ2) is 6.11. The highest BCUT2D eigenvalue weighted by molar-refractivity contribution is 6.30. The standard InChI is InChI=1S/C17H21ClN2/c1-2-5-13-8-9-20(11-13)12-15-10-14-6-3-4-7-16(14)19-17(15)18/h3-4,6-7,10,13H,2,5,8-9,11-12H2,1H3. The summed E-state index contributed by atoms with van der Waals surface area (Å²) in [6.45, 7) is 5.59. The van der Waals surface area contributed by atoms with Gasteiger partial charge in [0.2, 0.25) is 0 Å². The molecule has 0 amide bonds. The van der Waals surface area contributed by atoms with E-state index in [2.05, 4.69) is 35.0 Å². The Morgan fingerprint density at radius 2 is 2.20 bits per heavy atom. The average Bonchev–Trinajstić information content (AvgIpc) is 2.87. The third-order valence-corrected chi connectivity index (χ3v) is 4.54. The monoisotopic (exact) mass is 288 g/mol. The summed E-state index contributed by atoms with van der Waals surface area (Å²) in [5.41, 5.74) is 2.13. The van der Waals surface area contributed by atoms with Crippen molar-refractivity contribution in [3.63, 3.8) is 0 Å². The molecule has 0 spiro atoms. The van der Waals surface area contributed by atoms with Crippen molar-refractivity contribution < 1.29 is 0 Å². The third kappa shape index (κ3) is 2.97. The van der Waals surface area contributed by atoms with E-state index in [4.69, 9.17) is 11.6 Å². The summed E-state index contributed by atoms with van der Waals surface area (Å²) in [4.78, 5) is 7.02. The topological polar surface area (TPSA) is 16.1 Å². The van der Waals surface area contributed by atoms with Crippen molar-refractivity contribution in [2.75, 3.05) is 13.1 Å². The van der Waals surface area contributed by atoms with Gasteiger partial charge in [-0.3, -0.25) is 4.90 Å². The van der Waals surface area contributed by atoms with Crippen LogP contribution >= 0.6 is 11.6 Å². The van der Waals surface area contributed by atoms with Crippen molar-refractivity contribution >= 4 is 22.5 Å². The maximum Gasteiger partial charge on any atom is 0.134 e. The van der Waals surface area contributed by atoms with Crippen molar-refractivity contribution in [1.29, 1.82) is 0 Å². The molecule has 3 rings (SSSR count). The first-order valence-corrected chi connectivity index (χ1v) is 7.90. The van der Waals surface area contributed by atoms with E-state index in [1.165, 1.54) is 37.7 Å². The summed E-state index contributed by atoms with van der Waals surface area (Å²) >= 11 is 6.34. The Hall–Kier alpha value is -1.12.